The Kier molecular flexibility index (Phi) is 7.11. The second-order valence-corrected chi connectivity index (χ2v) is 12.8. The fourth-order valence-electron chi connectivity index (χ4n) is 7.82. The van der Waals surface area contributed by atoms with Gasteiger partial charge in [-0.25, -0.2) is 19.9 Å². The van der Waals surface area contributed by atoms with Gasteiger partial charge in [-0.15, -0.1) is 0 Å². The summed E-state index contributed by atoms with van der Waals surface area (Å²) in [5.41, 5.74) is 4.06. The molecule has 0 aromatic carbocycles. The second kappa shape index (κ2) is 11.3. The molecule has 4 saturated heterocycles. The molecule has 226 valence electrons. The van der Waals surface area contributed by atoms with Gasteiger partial charge in [0, 0.05) is 61.3 Å². The molecule has 11 nitrogen and oxygen atoms in total. The van der Waals surface area contributed by atoms with E-state index in [2.05, 4.69) is 32.2 Å². The van der Waals surface area contributed by atoms with Gasteiger partial charge in [0.2, 0.25) is 11.9 Å². The van der Waals surface area contributed by atoms with Gasteiger partial charge in [0.15, 0.2) is 5.82 Å². The van der Waals surface area contributed by atoms with E-state index in [9.17, 15) is 9.90 Å². The first-order chi connectivity index (χ1) is 21.1. The van der Waals surface area contributed by atoms with Gasteiger partial charge in [-0.1, -0.05) is 12.5 Å². The van der Waals surface area contributed by atoms with Crippen LogP contribution >= 0.6 is 0 Å². The summed E-state index contributed by atoms with van der Waals surface area (Å²) in [6.07, 6.45) is 10.5. The van der Waals surface area contributed by atoms with Gasteiger partial charge in [0.05, 0.1) is 31.6 Å². The van der Waals surface area contributed by atoms with Crippen molar-refractivity contribution in [3.8, 4) is 0 Å². The summed E-state index contributed by atoms with van der Waals surface area (Å²) in [4.78, 5) is 39.9. The summed E-state index contributed by atoms with van der Waals surface area (Å²) in [6.45, 7) is 4.19. The number of aliphatic hydroxyl groups excluding tert-OH is 1. The van der Waals surface area contributed by atoms with E-state index in [4.69, 9.17) is 19.7 Å². The van der Waals surface area contributed by atoms with Crippen LogP contribution in [0.3, 0.4) is 0 Å². The number of likely N-dealkylation sites (tertiary alicyclic amines) is 1. The van der Waals surface area contributed by atoms with Crippen LogP contribution in [-0.2, 0) is 22.5 Å². The van der Waals surface area contributed by atoms with E-state index in [1.165, 1.54) is 25.7 Å². The molecule has 8 rings (SSSR count). The lowest BCUT2D eigenvalue weighted by atomic mass is 9.98. The molecule has 3 aromatic heterocycles. The Labute approximate surface area is 251 Å². The molecule has 0 spiro atoms. The largest absolute Gasteiger partial charge is 0.395 e. The number of β-amino-alcohol motifs (C(OH)–C–C–N with tert-alkyl or cyclic N) is 1. The first-order valence-corrected chi connectivity index (χ1v) is 16.1. The quantitative estimate of drug-likeness (QED) is 0.429. The summed E-state index contributed by atoms with van der Waals surface area (Å²) >= 11 is 0. The second-order valence-electron chi connectivity index (χ2n) is 12.8. The number of nitrogens with one attached hydrogen (secondary N) is 1. The summed E-state index contributed by atoms with van der Waals surface area (Å²) in [5.74, 6) is 2.73. The van der Waals surface area contributed by atoms with Crippen LogP contribution in [-0.4, -0.2) is 98.3 Å². The number of carbonyl (C=O) groups excluding carboxylic acids is 1. The standard InChI is InChI=1S/C32H40N8O3/c41-14-13-38-11-2-1-3-27(38)31(42)39-12-10-25-20(17-39)4-9-28(34-25)36-32-33-16-21-15-26(22-18-43-19-22)35-30(29(21)37-32)40-23-5-6-24(40)8-7-23/h4,9,15-16,22-24,27,41H,1-3,5-8,10-14,17-19H2,(H,33,34,36,37)/t23?,24?,27-/m1/s1. The van der Waals surface area contributed by atoms with Gasteiger partial charge < -0.3 is 25.0 Å². The summed E-state index contributed by atoms with van der Waals surface area (Å²) in [6, 6.07) is 7.12. The fraction of sp³-hybridized carbons (Fsp3) is 0.594. The predicted molar refractivity (Wildman–Crippen MR) is 162 cm³/mol. The van der Waals surface area contributed by atoms with Crippen molar-refractivity contribution < 1.29 is 14.6 Å². The zero-order valence-corrected chi connectivity index (χ0v) is 24.6. The molecule has 0 aliphatic carbocycles. The van der Waals surface area contributed by atoms with E-state index in [-0.39, 0.29) is 18.6 Å². The van der Waals surface area contributed by atoms with E-state index in [1.54, 1.807) is 0 Å². The van der Waals surface area contributed by atoms with E-state index < -0.39 is 0 Å². The molecule has 5 aliphatic rings. The molecule has 8 heterocycles. The number of carbonyl (C=O) groups is 1. The number of ether oxygens (including phenoxy) is 1. The highest BCUT2D eigenvalue weighted by Crippen LogP contribution is 2.43. The van der Waals surface area contributed by atoms with Crippen LogP contribution in [0, 0.1) is 0 Å². The first-order valence-electron chi connectivity index (χ1n) is 16.1. The van der Waals surface area contributed by atoms with Crippen LogP contribution in [0.4, 0.5) is 17.6 Å². The van der Waals surface area contributed by atoms with Crippen molar-refractivity contribution in [2.75, 3.05) is 49.7 Å². The van der Waals surface area contributed by atoms with E-state index in [0.717, 1.165) is 72.7 Å². The number of hydrogen-bond donors (Lipinski definition) is 2. The highest BCUT2D eigenvalue weighted by Gasteiger charge is 2.41. The molecule has 1 atom stereocenters. The third-order valence-corrected chi connectivity index (χ3v) is 10.2. The molecule has 2 bridgehead atoms. The molecule has 3 aromatic rings. The first kappa shape index (κ1) is 27.2. The number of rotatable bonds is 7. The lowest BCUT2D eigenvalue weighted by Gasteiger charge is -2.38. The lowest BCUT2D eigenvalue weighted by molar-refractivity contribution is -0.139. The molecule has 0 unspecified atom stereocenters. The summed E-state index contributed by atoms with van der Waals surface area (Å²) in [5, 5.41) is 13.8. The lowest BCUT2D eigenvalue weighted by Crippen LogP contribution is -2.52. The third-order valence-electron chi connectivity index (χ3n) is 10.2. The number of anilines is 3. The smallest absolute Gasteiger partial charge is 0.240 e. The Morgan fingerprint density at radius 2 is 1.86 bits per heavy atom. The predicted octanol–water partition coefficient (Wildman–Crippen LogP) is 3.14. The van der Waals surface area contributed by atoms with Gasteiger partial charge in [0.25, 0.3) is 0 Å². The molecule has 4 fully saturated rings. The van der Waals surface area contributed by atoms with Crippen LogP contribution in [0.1, 0.15) is 67.8 Å². The number of hydrogen-bond acceptors (Lipinski definition) is 10. The van der Waals surface area contributed by atoms with E-state index >= 15 is 0 Å². The number of pyridine rings is 2. The molecule has 1 amide bonds. The van der Waals surface area contributed by atoms with Crippen LogP contribution < -0.4 is 10.2 Å². The average molecular weight is 585 g/mol. The van der Waals surface area contributed by atoms with Crippen molar-refractivity contribution in [3.63, 3.8) is 0 Å². The normalized spacial score (nSPS) is 25.7. The number of fused-ring (bicyclic) bond motifs is 4. The molecule has 0 saturated carbocycles. The van der Waals surface area contributed by atoms with Gasteiger partial charge >= 0.3 is 0 Å². The molecule has 2 N–H and O–H groups in total. The van der Waals surface area contributed by atoms with Crippen molar-refractivity contribution in [2.24, 2.45) is 0 Å². The van der Waals surface area contributed by atoms with Crippen molar-refractivity contribution in [1.29, 1.82) is 0 Å². The SMILES string of the molecule is O=C([C@H]1CCCCN1CCO)N1CCc2nc(Nc3ncc4cc(C5COC5)nc(N5C6CCC5CC6)c4n3)ccc2C1. The maximum atomic E-state index is 13.4. The van der Waals surface area contributed by atoms with E-state index in [0.29, 0.717) is 55.8 Å². The van der Waals surface area contributed by atoms with Gasteiger partial charge in [-0.3, -0.25) is 9.69 Å². The molecular formula is C32H40N8O3. The van der Waals surface area contributed by atoms with Crippen molar-refractivity contribution >= 4 is 34.4 Å². The van der Waals surface area contributed by atoms with Crippen molar-refractivity contribution in [3.05, 3.63) is 41.3 Å². The zero-order chi connectivity index (χ0) is 28.9. The number of aromatic nitrogens is 4. The van der Waals surface area contributed by atoms with Crippen molar-refractivity contribution in [1.82, 2.24) is 29.7 Å². The Hall–Kier alpha value is -3.41. The minimum Gasteiger partial charge on any atom is -0.395 e. The van der Waals surface area contributed by atoms with Gasteiger partial charge in [0.1, 0.15) is 11.3 Å². The van der Waals surface area contributed by atoms with Crippen LogP contribution in [0.25, 0.3) is 10.9 Å². The highest BCUT2D eigenvalue weighted by molar-refractivity contribution is 5.90. The molecular weight excluding hydrogens is 544 g/mol. The third kappa shape index (κ3) is 5.01. The van der Waals surface area contributed by atoms with Crippen LogP contribution in [0.2, 0.25) is 0 Å². The Morgan fingerprint density at radius 3 is 2.63 bits per heavy atom. The Bertz CT molecular complexity index is 1510. The maximum absolute atomic E-state index is 13.4. The number of amides is 1. The molecule has 43 heavy (non-hydrogen) atoms. The van der Waals surface area contributed by atoms with E-state index in [1.807, 2.05) is 17.2 Å². The maximum Gasteiger partial charge on any atom is 0.240 e. The van der Waals surface area contributed by atoms with Crippen LogP contribution in [0.5, 0.6) is 0 Å². The minimum atomic E-state index is -0.130. The minimum absolute atomic E-state index is 0.0846. The average Bonchev–Trinajstić information content (AvgIpc) is 3.60. The van der Waals surface area contributed by atoms with Gasteiger partial charge in [-0.2, -0.15) is 0 Å². The molecule has 11 heteroatoms. The number of aliphatic hydroxyl groups is 1. The topological polar surface area (TPSA) is 120 Å². The number of piperidine rings is 1. The van der Waals surface area contributed by atoms with Crippen LogP contribution in [0.15, 0.2) is 24.4 Å². The van der Waals surface area contributed by atoms with Gasteiger partial charge in [-0.05, 0) is 62.8 Å². The monoisotopic (exact) mass is 584 g/mol. The summed E-state index contributed by atoms with van der Waals surface area (Å²) in [7, 11) is 0. The zero-order valence-electron chi connectivity index (χ0n) is 24.6. The molecule has 0 radical (unpaired) electrons. The Balaban J connectivity index is 1.02. The Morgan fingerprint density at radius 1 is 1.02 bits per heavy atom. The fourth-order valence-corrected chi connectivity index (χ4v) is 7.82. The van der Waals surface area contributed by atoms with Crippen molar-refractivity contribution in [2.45, 2.75) is 82.0 Å². The highest BCUT2D eigenvalue weighted by atomic mass is 16.5. The molecule has 5 aliphatic heterocycles. The number of nitrogens with zero attached hydrogens (tertiary/aromatic N) is 7. The summed E-state index contributed by atoms with van der Waals surface area (Å²) < 4.78 is 5.47.